The number of carbonyl (C=O) groups is 2. The summed E-state index contributed by atoms with van der Waals surface area (Å²) in [6.45, 7) is 2.95. The molecule has 5 heteroatoms. The minimum atomic E-state index is -1.47. The molecule has 0 aliphatic heterocycles. The van der Waals surface area contributed by atoms with Gasteiger partial charge in [-0.15, -0.1) is 0 Å². The molecule has 0 amide bonds. The minimum Gasteiger partial charge on any atom is -0.512 e. The molecule has 0 saturated heterocycles. The van der Waals surface area contributed by atoms with E-state index in [4.69, 9.17) is 4.74 Å². The van der Waals surface area contributed by atoms with E-state index in [2.05, 4.69) is 0 Å². The molecule has 2 N–H and O–H groups in total. The number of aryl methyl sites for hydroxylation is 1. The molecule has 25 heavy (non-hydrogen) atoms. The van der Waals surface area contributed by atoms with Crippen LogP contribution >= 0.6 is 0 Å². The van der Waals surface area contributed by atoms with Gasteiger partial charge in [0.2, 0.25) is 0 Å². The van der Waals surface area contributed by atoms with Gasteiger partial charge in [0.15, 0.2) is 11.4 Å². The first kappa shape index (κ1) is 19.2. The van der Waals surface area contributed by atoms with E-state index in [0.29, 0.717) is 6.42 Å². The smallest absolute Gasteiger partial charge is 0.303 e. The third-order valence-electron chi connectivity index (χ3n) is 4.79. The second-order valence-electron chi connectivity index (χ2n) is 6.52. The number of hydrogen-bond acceptors (Lipinski definition) is 5. The summed E-state index contributed by atoms with van der Waals surface area (Å²) in [5.74, 6) is -1.90. The number of benzene rings is 1. The molecule has 1 aliphatic carbocycles. The summed E-state index contributed by atoms with van der Waals surface area (Å²) in [7, 11) is 0. The molecular formula is C20H26O5. The Morgan fingerprint density at radius 1 is 1.36 bits per heavy atom. The highest BCUT2D eigenvalue weighted by Crippen LogP contribution is 2.42. The van der Waals surface area contributed by atoms with Crippen LogP contribution in [0.15, 0.2) is 42.2 Å². The quantitative estimate of drug-likeness (QED) is 0.450. The highest BCUT2D eigenvalue weighted by atomic mass is 16.6. The van der Waals surface area contributed by atoms with Crippen molar-refractivity contribution in [1.29, 1.82) is 0 Å². The average molecular weight is 346 g/mol. The number of allylic oxidation sites excluding steroid dienone is 1. The monoisotopic (exact) mass is 346 g/mol. The van der Waals surface area contributed by atoms with E-state index < -0.39 is 23.6 Å². The molecule has 0 heterocycles. The summed E-state index contributed by atoms with van der Waals surface area (Å²) < 4.78 is 5.29. The molecule has 0 radical (unpaired) electrons. The van der Waals surface area contributed by atoms with Gasteiger partial charge in [-0.25, -0.2) is 0 Å². The second kappa shape index (κ2) is 8.30. The molecule has 0 spiro atoms. The minimum absolute atomic E-state index is 0.0745. The largest absolute Gasteiger partial charge is 0.512 e. The Bertz CT molecular complexity index is 637. The average Bonchev–Trinajstić information content (AvgIpc) is 2.82. The molecule has 1 saturated carbocycles. The molecule has 0 bridgehead atoms. The van der Waals surface area contributed by atoms with Gasteiger partial charge in [0.25, 0.3) is 0 Å². The van der Waals surface area contributed by atoms with Crippen LogP contribution in [0.2, 0.25) is 0 Å². The topological polar surface area (TPSA) is 83.8 Å². The predicted molar refractivity (Wildman–Crippen MR) is 94.0 cm³/mol. The number of aliphatic hydroxyl groups excluding tert-OH is 2. The van der Waals surface area contributed by atoms with Gasteiger partial charge in [-0.2, -0.15) is 0 Å². The molecular weight excluding hydrogens is 320 g/mol. The summed E-state index contributed by atoms with van der Waals surface area (Å²) in [6.07, 6.45) is 3.00. The van der Waals surface area contributed by atoms with Crippen molar-refractivity contribution >= 4 is 11.8 Å². The molecule has 3 unspecified atom stereocenters. The number of carbonyl (C=O) groups excluding carboxylic acids is 2. The number of aliphatic hydroxyl groups is 2. The number of rotatable bonds is 7. The Kier molecular flexibility index (Phi) is 6.37. The molecule has 1 aromatic rings. The molecule has 5 nitrogen and oxygen atoms in total. The zero-order chi connectivity index (χ0) is 18.4. The molecule has 2 rings (SSSR count). The molecule has 3 atom stereocenters. The van der Waals surface area contributed by atoms with E-state index >= 15 is 0 Å². The van der Waals surface area contributed by atoms with Crippen molar-refractivity contribution < 1.29 is 24.5 Å². The summed E-state index contributed by atoms with van der Waals surface area (Å²) in [5, 5.41) is 20.7. The highest BCUT2D eigenvalue weighted by molar-refractivity contribution is 5.93. The number of esters is 1. The lowest BCUT2D eigenvalue weighted by molar-refractivity contribution is -0.169. The first-order chi connectivity index (χ1) is 11.9. The Balaban J connectivity index is 2.07. The maximum Gasteiger partial charge on any atom is 0.303 e. The second-order valence-corrected chi connectivity index (χ2v) is 6.52. The van der Waals surface area contributed by atoms with Crippen LogP contribution in [0.5, 0.6) is 0 Å². The summed E-state index contributed by atoms with van der Waals surface area (Å²) in [4.78, 5) is 23.8. The molecule has 1 fully saturated rings. The first-order valence-corrected chi connectivity index (χ1v) is 8.74. The normalized spacial score (nSPS) is 26.7. The molecule has 0 aromatic heterocycles. The number of unbranched alkanes of at least 4 members (excludes halogenated alkanes) is 1. The van der Waals surface area contributed by atoms with Crippen molar-refractivity contribution in [2.45, 2.75) is 57.7 Å². The van der Waals surface area contributed by atoms with Gasteiger partial charge in [-0.3, -0.25) is 9.59 Å². The van der Waals surface area contributed by atoms with Crippen LogP contribution in [0.1, 0.15) is 45.1 Å². The van der Waals surface area contributed by atoms with Crippen molar-refractivity contribution in [3.8, 4) is 0 Å². The van der Waals surface area contributed by atoms with Gasteiger partial charge in [-0.05, 0) is 37.3 Å². The Hall–Kier alpha value is -2.14. The predicted octanol–water partition coefficient (Wildman–Crippen LogP) is 3.11. The summed E-state index contributed by atoms with van der Waals surface area (Å²) in [5.41, 5.74) is -0.250. The number of hydrogen-bond donors (Lipinski definition) is 2. The van der Waals surface area contributed by atoms with Crippen LogP contribution in [-0.4, -0.2) is 33.7 Å². The van der Waals surface area contributed by atoms with E-state index in [9.17, 15) is 19.8 Å². The zero-order valence-electron chi connectivity index (χ0n) is 14.8. The van der Waals surface area contributed by atoms with Crippen LogP contribution in [-0.2, 0) is 20.7 Å². The standard InChI is InChI=1S/C20H26O5/c1-3-20(25-14(2)21)18(24)13-17(23)19(20)16(22)12-8-7-11-15-9-5-4-6-10-15/h4-6,9-10,12,17,19,22-23H,3,7-8,11,13H2,1-2H3/b16-12-. The van der Waals surface area contributed by atoms with Crippen molar-refractivity contribution in [3.63, 3.8) is 0 Å². The van der Waals surface area contributed by atoms with Crippen molar-refractivity contribution in [1.82, 2.24) is 0 Å². The zero-order valence-corrected chi connectivity index (χ0v) is 14.8. The van der Waals surface area contributed by atoms with Gasteiger partial charge >= 0.3 is 5.97 Å². The lowest BCUT2D eigenvalue weighted by Crippen LogP contribution is -2.46. The van der Waals surface area contributed by atoms with Gasteiger partial charge in [-0.1, -0.05) is 37.3 Å². The Morgan fingerprint density at radius 3 is 2.64 bits per heavy atom. The lowest BCUT2D eigenvalue weighted by Gasteiger charge is -2.32. The van der Waals surface area contributed by atoms with Crippen LogP contribution < -0.4 is 0 Å². The van der Waals surface area contributed by atoms with Crippen LogP contribution in [0.4, 0.5) is 0 Å². The number of ether oxygens (including phenoxy) is 1. The van der Waals surface area contributed by atoms with E-state index in [1.807, 2.05) is 30.3 Å². The first-order valence-electron chi connectivity index (χ1n) is 8.74. The number of ketones is 1. The van der Waals surface area contributed by atoms with E-state index in [1.54, 1.807) is 13.0 Å². The summed E-state index contributed by atoms with van der Waals surface area (Å²) >= 11 is 0. The van der Waals surface area contributed by atoms with E-state index in [0.717, 1.165) is 12.8 Å². The van der Waals surface area contributed by atoms with Crippen LogP contribution in [0.3, 0.4) is 0 Å². The van der Waals surface area contributed by atoms with Crippen molar-refractivity contribution in [2.75, 3.05) is 0 Å². The van der Waals surface area contributed by atoms with Gasteiger partial charge in [0.1, 0.15) is 0 Å². The van der Waals surface area contributed by atoms with E-state index in [-0.39, 0.29) is 24.4 Å². The Morgan fingerprint density at radius 2 is 2.04 bits per heavy atom. The van der Waals surface area contributed by atoms with E-state index in [1.165, 1.54) is 12.5 Å². The van der Waals surface area contributed by atoms with Crippen molar-refractivity contribution in [3.05, 3.63) is 47.7 Å². The summed E-state index contributed by atoms with van der Waals surface area (Å²) in [6, 6.07) is 10.0. The fraction of sp³-hybridized carbons (Fsp3) is 0.500. The van der Waals surface area contributed by atoms with Gasteiger partial charge in [0.05, 0.1) is 17.8 Å². The lowest BCUT2D eigenvalue weighted by atomic mass is 9.84. The molecule has 136 valence electrons. The van der Waals surface area contributed by atoms with Crippen molar-refractivity contribution in [2.24, 2.45) is 5.92 Å². The van der Waals surface area contributed by atoms with Crippen LogP contribution in [0.25, 0.3) is 0 Å². The van der Waals surface area contributed by atoms with Gasteiger partial charge < -0.3 is 14.9 Å². The fourth-order valence-corrected chi connectivity index (χ4v) is 3.59. The third-order valence-corrected chi connectivity index (χ3v) is 4.79. The SMILES string of the molecule is CCC1(OC(C)=O)C(=O)CC(O)C1/C(O)=C/CCCc1ccccc1. The van der Waals surface area contributed by atoms with Gasteiger partial charge in [0, 0.05) is 13.3 Å². The molecule has 1 aromatic carbocycles. The number of Topliss-reactive ketones (excluding diaryl/α,β-unsaturated/α-hetero) is 1. The fourth-order valence-electron chi connectivity index (χ4n) is 3.59. The molecule has 1 aliphatic rings. The maximum atomic E-state index is 12.3. The maximum absolute atomic E-state index is 12.3. The Labute approximate surface area is 148 Å². The third kappa shape index (κ3) is 4.28. The highest BCUT2D eigenvalue weighted by Gasteiger charge is 2.58. The van der Waals surface area contributed by atoms with Crippen LogP contribution in [0, 0.1) is 5.92 Å².